The second-order valence-corrected chi connectivity index (χ2v) is 3.79. The molecule has 18 heavy (non-hydrogen) atoms. The number of pyridine rings is 1. The van der Waals surface area contributed by atoms with E-state index in [-0.39, 0.29) is 11.5 Å². The van der Waals surface area contributed by atoms with Gasteiger partial charge in [0.1, 0.15) is 0 Å². The van der Waals surface area contributed by atoms with Gasteiger partial charge in [0.25, 0.3) is 11.5 Å². The maximum atomic E-state index is 11.7. The van der Waals surface area contributed by atoms with E-state index in [0.717, 1.165) is 0 Å². The van der Waals surface area contributed by atoms with E-state index in [1.54, 1.807) is 36.4 Å². The first kappa shape index (κ1) is 12.0. The Hall–Kier alpha value is -2.44. The Morgan fingerprint density at radius 3 is 2.94 bits per heavy atom. The van der Waals surface area contributed by atoms with E-state index in [4.69, 9.17) is 0 Å². The molecule has 0 aliphatic heterocycles. The SMILES string of the molecule is Cn1ccc(C(=O)NCCn2ccnn2)cc1=O. The van der Waals surface area contributed by atoms with Gasteiger partial charge in [-0.25, -0.2) is 0 Å². The molecule has 0 aromatic carbocycles. The lowest BCUT2D eigenvalue weighted by atomic mass is 10.2. The molecule has 7 heteroatoms. The molecular formula is C11H13N5O2. The molecule has 0 saturated carbocycles. The average molecular weight is 247 g/mol. The number of aryl methyl sites for hydroxylation is 1. The molecule has 1 N–H and O–H groups in total. The standard InChI is InChI=1S/C11H13N5O2/c1-15-5-2-9(8-10(15)17)11(18)12-3-6-16-7-4-13-14-16/h2,4-5,7-8H,3,6H2,1H3,(H,12,18). The molecule has 2 aromatic rings. The van der Waals surface area contributed by atoms with Gasteiger partial charge in [-0.15, -0.1) is 5.10 Å². The fraction of sp³-hybridized carbons (Fsp3) is 0.273. The van der Waals surface area contributed by atoms with Crippen molar-refractivity contribution in [2.45, 2.75) is 6.54 Å². The Balaban J connectivity index is 1.91. The smallest absolute Gasteiger partial charge is 0.251 e. The zero-order valence-corrected chi connectivity index (χ0v) is 9.91. The number of carbonyl (C=O) groups is 1. The number of amides is 1. The van der Waals surface area contributed by atoms with Crippen molar-refractivity contribution < 1.29 is 4.79 Å². The molecule has 0 atom stereocenters. The van der Waals surface area contributed by atoms with Crippen LogP contribution < -0.4 is 10.9 Å². The van der Waals surface area contributed by atoms with Crippen molar-refractivity contribution in [1.82, 2.24) is 24.9 Å². The van der Waals surface area contributed by atoms with E-state index in [9.17, 15) is 9.59 Å². The Morgan fingerprint density at radius 2 is 2.28 bits per heavy atom. The molecular weight excluding hydrogens is 234 g/mol. The molecule has 0 aliphatic rings. The van der Waals surface area contributed by atoms with Crippen molar-refractivity contribution in [3.05, 3.63) is 46.6 Å². The summed E-state index contributed by atoms with van der Waals surface area (Å²) in [7, 11) is 1.63. The average Bonchev–Trinajstić information content (AvgIpc) is 2.85. The lowest BCUT2D eigenvalue weighted by molar-refractivity contribution is 0.0951. The number of nitrogens with one attached hydrogen (secondary N) is 1. The molecule has 1 amide bonds. The number of carbonyl (C=O) groups excluding carboxylic acids is 1. The van der Waals surface area contributed by atoms with Crippen molar-refractivity contribution in [1.29, 1.82) is 0 Å². The van der Waals surface area contributed by atoms with Gasteiger partial charge < -0.3 is 9.88 Å². The Morgan fingerprint density at radius 1 is 1.44 bits per heavy atom. The summed E-state index contributed by atoms with van der Waals surface area (Å²) in [6.07, 6.45) is 4.85. The number of aromatic nitrogens is 4. The van der Waals surface area contributed by atoms with E-state index in [1.165, 1.54) is 10.6 Å². The van der Waals surface area contributed by atoms with Crippen LogP contribution in [0.4, 0.5) is 0 Å². The third-order valence-corrected chi connectivity index (χ3v) is 2.46. The first-order valence-electron chi connectivity index (χ1n) is 5.46. The van der Waals surface area contributed by atoms with Crippen LogP contribution in [0.2, 0.25) is 0 Å². The van der Waals surface area contributed by atoms with Crippen LogP contribution in [0.1, 0.15) is 10.4 Å². The number of nitrogens with zero attached hydrogens (tertiary/aromatic N) is 4. The molecule has 0 fully saturated rings. The number of hydrogen-bond acceptors (Lipinski definition) is 4. The summed E-state index contributed by atoms with van der Waals surface area (Å²) in [5.41, 5.74) is 0.149. The molecule has 0 unspecified atom stereocenters. The molecule has 0 aliphatic carbocycles. The summed E-state index contributed by atoms with van der Waals surface area (Å²) in [5.74, 6) is -0.271. The fourth-order valence-electron chi connectivity index (χ4n) is 1.43. The Bertz CT molecular complexity index is 588. The maximum absolute atomic E-state index is 11.7. The summed E-state index contributed by atoms with van der Waals surface area (Å²) in [6, 6.07) is 2.91. The van der Waals surface area contributed by atoms with Crippen molar-refractivity contribution in [3.63, 3.8) is 0 Å². The molecule has 2 rings (SSSR count). The summed E-state index contributed by atoms with van der Waals surface area (Å²) in [4.78, 5) is 23.1. The maximum Gasteiger partial charge on any atom is 0.251 e. The fourth-order valence-corrected chi connectivity index (χ4v) is 1.43. The zero-order chi connectivity index (χ0) is 13.0. The minimum Gasteiger partial charge on any atom is -0.350 e. The highest BCUT2D eigenvalue weighted by Crippen LogP contribution is 1.93. The van der Waals surface area contributed by atoms with Gasteiger partial charge in [-0.1, -0.05) is 5.21 Å². The van der Waals surface area contributed by atoms with Crippen LogP contribution in [0.5, 0.6) is 0 Å². The van der Waals surface area contributed by atoms with Crippen LogP contribution >= 0.6 is 0 Å². The van der Waals surface area contributed by atoms with Crippen LogP contribution in [-0.2, 0) is 13.6 Å². The molecule has 0 bridgehead atoms. The Labute approximate surface area is 103 Å². The van der Waals surface area contributed by atoms with Gasteiger partial charge in [0.15, 0.2) is 0 Å². The van der Waals surface area contributed by atoms with Gasteiger partial charge in [-0.05, 0) is 6.07 Å². The molecule has 2 aromatic heterocycles. The largest absolute Gasteiger partial charge is 0.350 e. The van der Waals surface area contributed by atoms with E-state index in [0.29, 0.717) is 18.7 Å². The summed E-state index contributed by atoms with van der Waals surface area (Å²) >= 11 is 0. The first-order valence-corrected chi connectivity index (χ1v) is 5.46. The topological polar surface area (TPSA) is 81.8 Å². The van der Waals surface area contributed by atoms with Gasteiger partial charge in [0, 0.05) is 37.6 Å². The molecule has 0 spiro atoms. The van der Waals surface area contributed by atoms with Gasteiger partial charge in [-0.3, -0.25) is 14.3 Å². The third kappa shape index (κ3) is 2.82. The number of rotatable bonds is 4. The molecule has 7 nitrogen and oxygen atoms in total. The molecule has 0 saturated heterocycles. The van der Waals surface area contributed by atoms with E-state index in [1.807, 2.05) is 0 Å². The highest BCUT2D eigenvalue weighted by atomic mass is 16.2. The predicted molar refractivity (Wildman–Crippen MR) is 64.0 cm³/mol. The van der Waals surface area contributed by atoms with Crippen LogP contribution in [-0.4, -0.2) is 32.0 Å². The van der Waals surface area contributed by atoms with Gasteiger partial charge >= 0.3 is 0 Å². The highest BCUT2D eigenvalue weighted by molar-refractivity contribution is 5.93. The van der Waals surface area contributed by atoms with Crippen LogP contribution in [0.25, 0.3) is 0 Å². The van der Waals surface area contributed by atoms with E-state index >= 15 is 0 Å². The third-order valence-electron chi connectivity index (χ3n) is 2.46. The molecule has 0 radical (unpaired) electrons. The summed E-state index contributed by atoms with van der Waals surface area (Å²) in [5, 5.41) is 10.1. The van der Waals surface area contributed by atoms with Crippen molar-refractivity contribution in [2.24, 2.45) is 7.05 Å². The lowest BCUT2D eigenvalue weighted by Crippen LogP contribution is -2.29. The lowest BCUT2D eigenvalue weighted by Gasteiger charge is -2.05. The van der Waals surface area contributed by atoms with E-state index in [2.05, 4.69) is 15.6 Å². The predicted octanol–water partition coefficient (Wildman–Crippen LogP) is -0.593. The Kier molecular flexibility index (Phi) is 3.52. The van der Waals surface area contributed by atoms with Gasteiger partial charge in [0.2, 0.25) is 0 Å². The molecule has 2 heterocycles. The quantitative estimate of drug-likeness (QED) is 0.782. The van der Waals surface area contributed by atoms with Crippen molar-refractivity contribution in [2.75, 3.05) is 6.54 Å². The second kappa shape index (κ2) is 5.26. The second-order valence-electron chi connectivity index (χ2n) is 3.79. The summed E-state index contributed by atoms with van der Waals surface area (Å²) < 4.78 is 3.02. The van der Waals surface area contributed by atoms with Crippen LogP contribution in [0.15, 0.2) is 35.5 Å². The van der Waals surface area contributed by atoms with Gasteiger partial charge in [-0.2, -0.15) is 0 Å². The van der Waals surface area contributed by atoms with Crippen molar-refractivity contribution >= 4 is 5.91 Å². The monoisotopic (exact) mass is 247 g/mol. The van der Waals surface area contributed by atoms with E-state index < -0.39 is 0 Å². The minimum atomic E-state index is -0.271. The van der Waals surface area contributed by atoms with Crippen molar-refractivity contribution in [3.8, 4) is 0 Å². The normalized spacial score (nSPS) is 10.3. The van der Waals surface area contributed by atoms with Crippen LogP contribution in [0.3, 0.4) is 0 Å². The summed E-state index contributed by atoms with van der Waals surface area (Å²) in [6.45, 7) is 0.966. The minimum absolute atomic E-state index is 0.209. The highest BCUT2D eigenvalue weighted by Gasteiger charge is 2.05. The first-order chi connectivity index (χ1) is 8.66. The number of hydrogen-bond donors (Lipinski definition) is 1. The molecule has 94 valence electrons. The van der Waals surface area contributed by atoms with Gasteiger partial charge in [0.05, 0.1) is 12.7 Å². The zero-order valence-electron chi connectivity index (χ0n) is 9.91. The van der Waals surface area contributed by atoms with Crippen LogP contribution in [0, 0.1) is 0 Å².